The Morgan fingerprint density at radius 2 is 2.14 bits per heavy atom. The van der Waals surface area contributed by atoms with Crippen molar-refractivity contribution in [1.82, 2.24) is 15.1 Å². The van der Waals surface area contributed by atoms with E-state index in [1.807, 2.05) is 13.0 Å². The highest BCUT2D eigenvalue weighted by Gasteiger charge is 2.14. The van der Waals surface area contributed by atoms with Crippen LogP contribution in [0.25, 0.3) is 22.8 Å². The fourth-order valence-corrected chi connectivity index (χ4v) is 2.27. The molecule has 106 valence electrons. The first-order valence-corrected chi connectivity index (χ1v) is 7.24. The summed E-state index contributed by atoms with van der Waals surface area (Å²) in [5.74, 6) is 1.02. The fourth-order valence-electron chi connectivity index (χ4n) is 2.02. The molecule has 0 unspecified atom stereocenters. The van der Waals surface area contributed by atoms with E-state index in [9.17, 15) is 5.11 Å². The summed E-state index contributed by atoms with van der Waals surface area (Å²) in [6, 6.07) is 6.98. The highest BCUT2D eigenvalue weighted by atomic mass is 79.9. The number of hydrogen-bond donors (Lipinski definition) is 1. The summed E-state index contributed by atoms with van der Waals surface area (Å²) in [5.41, 5.74) is 2.63. The number of hydrogen-bond acceptors (Lipinski definition) is 5. The zero-order chi connectivity index (χ0) is 14.8. The van der Waals surface area contributed by atoms with E-state index < -0.39 is 0 Å². The van der Waals surface area contributed by atoms with E-state index in [4.69, 9.17) is 4.52 Å². The van der Waals surface area contributed by atoms with E-state index in [0.717, 1.165) is 17.5 Å². The van der Waals surface area contributed by atoms with Crippen molar-refractivity contribution in [1.29, 1.82) is 0 Å². The first kappa shape index (κ1) is 13.8. The molecular formula is C15H12BrN3O2. The number of pyridine rings is 1. The van der Waals surface area contributed by atoms with Crippen molar-refractivity contribution in [2.75, 3.05) is 0 Å². The van der Waals surface area contributed by atoms with Crippen LogP contribution in [0.5, 0.6) is 5.75 Å². The van der Waals surface area contributed by atoms with E-state index in [2.05, 4.69) is 31.1 Å². The number of nitrogens with zero attached hydrogens (tertiary/aromatic N) is 3. The number of halogens is 1. The summed E-state index contributed by atoms with van der Waals surface area (Å²) in [6.07, 6.45) is 4.35. The predicted molar refractivity (Wildman–Crippen MR) is 81.7 cm³/mol. The molecule has 0 atom stereocenters. The van der Waals surface area contributed by atoms with Crippen LogP contribution in [0.3, 0.4) is 0 Å². The molecule has 21 heavy (non-hydrogen) atoms. The van der Waals surface area contributed by atoms with Gasteiger partial charge in [0.05, 0.1) is 4.47 Å². The van der Waals surface area contributed by atoms with Gasteiger partial charge >= 0.3 is 0 Å². The molecule has 0 aliphatic carbocycles. The van der Waals surface area contributed by atoms with E-state index in [1.54, 1.807) is 30.6 Å². The molecule has 5 nitrogen and oxygen atoms in total. The number of phenols is 1. The zero-order valence-corrected chi connectivity index (χ0v) is 12.8. The minimum Gasteiger partial charge on any atom is -0.507 e. The maximum atomic E-state index is 9.72. The van der Waals surface area contributed by atoms with Gasteiger partial charge in [0.15, 0.2) is 0 Å². The Balaban J connectivity index is 2.01. The molecule has 1 N–H and O–H groups in total. The maximum Gasteiger partial charge on any atom is 0.258 e. The second-order valence-corrected chi connectivity index (χ2v) is 5.33. The third-order valence-electron chi connectivity index (χ3n) is 3.14. The number of aromatic hydroxyl groups is 1. The second-order valence-electron chi connectivity index (χ2n) is 4.48. The van der Waals surface area contributed by atoms with Gasteiger partial charge < -0.3 is 9.63 Å². The standard InChI is InChI=1S/C15H12BrN3O2/c1-2-9-8-17-6-5-11(9)14-18-15(21-19-14)10-3-4-12(16)13(20)7-10/h3-8,20H,2H2,1H3. The Morgan fingerprint density at radius 3 is 2.90 bits per heavy atom. The summed E-state index contributed by atoms with van der Waals surface area (Å²) < 4.78 is 5.91. The topological polar surface area (TPSA) is 72.0 Å². The molecule has 0 aliphatic rings. The van der Waals surface area contributed by atoms with Gasteiger partial charge in [-0.15, -0.1) is 0 Å². The molecular weight excluding hydrogens is 334 g/mol. The van der Waals surface area contributed by atoms with Gasteiger partial charge in [0, 0.05) is 23.5 Å². The smallest absolute Gasteiger partial charge is 0.258 e. The van der Waals surface area contributed by atoms with Crippen LogP contribution in [0.1, 0.15) is 12.5 Å². The Bertz CT molecular complexity index is 786. The fraction of sp³-hybridized carbons (Fsp3) is 0.133. The van der Waals surface area contributed by atoms with Gasteiger partial charge in [0.1, 0.15) is 5.75 Å². The number of aromatic nitrogens is 3. The van der Waals surface area contributed by atoms with Crippen LogP contribution in [0.4, 0.5) is 0 Å². The molecule has 6 heteroatoms. The maximum absolute atomic E-state index is 9.72. The molecule has 0 radical (unpaired) electrons. The molecule has 2 aromatic heterocycles. The molecule has 0 spiro atoms. The van der Waals surface area contributed by atoms with Crippen molar-refractivity contribution in [3.05, 3.63) is 46.7 Å². The molecule has 0 aliphatic heterocycles. The SMILES string of the molecule is CCc1cnccc1-c1noc(-c2ccc(Br)c(O)c2)n1. The number of phenolic OH excluding ortho intramolecular Hbond substituents is 1. The van der Waals surface area contributed by atoms with Gasteiger partial charge in [-0.05, 0) is 52.2 Å². The zero-order valence-electron chi connectivity index (χ0n) is 11.2. The molecule has 0 amide bonds. The molecule has 3 aromatic rings. The number of rotatable bonds is 3. The minimum atomic E-state index is 0.130. The largest absolute Gasteiger partial charge is 0.507 e. The lowest BCUT2D eigenvalue weighted by Gasteiger charge is -2.01. The summed E-state index contributed by atoms with van der Waals surface area (Å²) in [5, 5.41) is 13.7. The van der Waals surface area contributed by atoms with Crippen LogP contribution in [-0.4, -0.2) is 20.2 Å². The molecule has 0 saturated carbocycles. The Morgan fingerprint density at radius 1 is 1.29 bits per heavy atom. The van der Waals surface area contributed by atoms with Crippen molar-refractivity contribution in [2.24, 2.45) is 0 Å². The summed E-state index contributed by atoms with van der Waals surface area (Å²) in [6.45, 7) is 2.05. The van der Waals surface area contributed by atoms with E-state index in [1.165, 1.54) is 0 Å². The van der Waals surface area contributed by atoms with Gasteiger partial charge in [0.25, 0.3) is 5.89 Å². The van der Waals surface area contributed by atoms with Crippen molar-refractivity contribution in [2.45, 2.75) is 13.3 Å². The van der Waals surface area contributed by atoms with Crippen molar-refractivity contribution in [3.63, 3.8) is 0 Å². The van der Waals surface area contributed by atoms with E-state index in [-0.39, 0.29) is 5.75 Å². The Hall–Kier alpha value is -2.21. The van der Waals surface area contributed by atoms with Crippen LogP contribution in [0, 0.1) is 0 Å². The van der Waals surface area contributed by atoms with Crippen molar-refractivity contribution < 1.29 is 9.63 Å². The van der Waals surface area contributed by atoms with Crippen LogP contribution < -0.4 is 0 Å². The lowest BCUT2D eigenvalue weighted by Crippen LogP contribution is -1.90. The van der Waals surface area contributed by atoms with Crippen molar-refractivity contribution >= 4 is 15.9 Å². The number of benzene rings is 1. The molecule has 3 rings (SSSR count). The summed E-state index contributed by atoms with van der Waals surface area (Å²) in [4.78, 5) is 8.50. The lowest BCUT2D eigenvalue weighted by atomic mass is 10.1. The molecule has 0 fully saturated rings. The average molecular weight is 346 g/mol. The van der Waals surface area contributed by atoms with Crippen LogP contribution in [-0.2, 0) is 6.42 Å². The number of aryl methyl sites for hydroxylation is 1. The minimum absolute atomic E-state index is 0.130. The monoisotopic (exact) mass is 345 g/mol. The highest BCUT2D eigenvalue weighted by Crippen LogP contribution is 2.30. The van der Waals surface area contributed by atoms with Gasteiger partial charge in [-0.3, -0.25) is 4.98 Å². The quantitative estimate of drug-likeness (QED) is 0.780. The second kappa shape index (κ2) is 5.65. The molecule has 0 saturated heterocycles. The molecule has 0 bridgehead atoms. The third-order valence-corrected chi connectivity index (χ3v) is 3.82. The third kappa shape index (κ3) is 2.67. The Kier molecular flexibility index (Phi) is 3.70. The van der Waals surface area contributed by atoms with Gasteiger partial charge in [-0.25, -0.2) is 0 Å². The predicted octanol–water partition coefficient (Wildman–Crippen LogP) is 3.83. The van der Waals surface area contributed by atoms with E-state index >= 15 is 0 Å². The van der Waals surface area contributed by atoms with Crippen LogP contribution in [0.15, 0.2) is 45.7 Å². The average Bonchev–Trinajstić information content (AvgIpc) is 2.99. The highest BCUT2D eigenvalue weighted by molar-refractivity contribution is 9.10. The van der Waals surface area contributed by atoms with Crippen molar-refractivity contribution in [3.8, 4) is 28.6 Å². The summed E-state index contributed by atoms with van der Waals surface area (Å²) in [7, 11) is 0. The Labute approximate surface area is 129 Å². The normalized spacial score (nSPS) is 10.8. The first-order valence-electron chi connectivity index (χ1n) is 6.45. The molecule has 2 heterocycles. The summed E-state index contributed by atoms with van der Waals surface area (Å²) >= 11 is 3.24. The van der Waals surface area contributed by atoms with Gasteiger partial charge in [0.2, 0.25) is 5.82 Å². The van der Waals surface area contributed by atoms with Crippen LogP contribution >= 0.6 is 15.9 Å². The lowest BCUT2D eigenvalue weighted by molar-refractivity contribution is 0.431. The van der Waals surface area contributed by atoms with Gasteiger partial charge in [-0.1, -0.05) is 12.1 Å². The van der Waals surface area contributed by atoms with Gasteiger partial charge in [-0.2, -0.15) is 4.98 Å². The van der Waals surface area contributed by atoms with E-state index in [0.29, 0.717) is 21.8 Å². The van der Waals surface area contributed by atoms with Crippen LogP contribution in [0.2, 0.25) is 0 Å². The molecule has 1 aromatic carbocycles. The first-order chi connectivity index (χ1) is 10.2.